The number of aromatic nitrogens is 1. The van der Waals surface area contributed by atoms with Gasteiger partial charge in [0.2, 0.25) is 0 Å². The van der Waals surface area contributed by atoms with Gasteiger partial charge in [-0.15, -0.1) is 11.3 Å². The standard InChI is InChI=1S/C16H28N4S/c1-4-14-11-19(3)8-5-9-20(14)16-18-12(2)15(21-16)10-17-13-6-7-13/h13-14,17H,4-11H2,1-3H3. The normalized spacial score (nSPS) is 24.3. The first-order chi connectivity index (χ1) is 10.2. The number of nitrogens with zero attached hydrogens (tertiary/aromatic N) is 3. The van der Waals surface area contributed by atoms with Gasteiger partial charge in [-0.1, -0.05) is 6.92 Å². The summed E-state index contributed by atoms with van der Waals surface area (Å²) in [6.07, 6.45) is 5.13. The van der Waals surface area contributed by atoms with Crippen LogP contribution in [0.4, 0.5) is 5.13 Å². The summed E-state index contributed by atoms with van der Waals surface area (Å²) in [5, 5.41) is 4.86. The Bertz CT molecular complexity index is 469. The molecule has 0 bridgehead atoms. The summed E-state index contributed by atoms with van der Waals surface area (Å²) in [5.74, 6) is 0. The summed E-state index contributed by atoms with van der Waals surface area (Å²) in [5.41, 5.74) is 1.22. The van der Waals surface area contributed by atoms with E-state index in [2.05, 4.69) is 36.0 Å². The van der Waals surface area contributed by atoms with E-state index in [1.807, 2.05) is 11.3 Å². The zero-order valence-electron chi connectivity index (χ0n) is 13.6. The van der Waals surface area contributed by atoms with E-state index in [1.165, 1.54) is 47.9 Å². The van der Waals surface area contributed by atoms with Crippen molar-refractivity contribution in [3.05, 3.63) is 10.6 Å². The van der Waals surface area contributed by atoms with Gasteiger partial charge in [-0.25, -0.2) is 4.98 Å². The fourth-order valence-electron chi connectivity index (χ4n) is 3.07. The van der Waals surface area contributed by atoms with Crippen molar-refractivity contribution < 1.29 is 0 Å². The number of hydrogen-bond acceptors (Lipinski definition) is 5. The molecule has 2 heterocycles. The van der Waals surface area contributed by atoms with E-state index in [9.17, 15) is 0 Å². The summed E-state index contributed by atoms with van der Waals surface area (Å²) < 4.78 is 0. The molecule has 1 aliphatic carbocycles. The summed E-state index contributed by atoms with van der Waals surface area (Å²) in [4.78, 5) is 11.3. The topological polar surface area (TPSA) is 31.4 Å². The number of nitrogens with one attached hydrogen (secondary N) is 1. The monoisotopic (exact) mass is 308 g/mol. The maximum atomic E-state index is 4.88. The Balaban J connectivity index is 1.72. The van der Waals surface area contributed by atoms with Gasteiger partial charge < -0.3 is 15.1 Å². The van der Waals surface area contributed by atoms with Crippen molar-refractivity contribution in [1.82, 2.24) is 15.2 Å². The number of hydrogen-bond donors (Lipinski definition) is 1. The van der Waals surface area contributed by atoms with Crippen LogP contribution in [0.25, 0.3) is 0 Å². The van der Waals surface area contributed by atoms with Gasteiger partial charge >= 0.3 is 0 Å². The molecule has 0 aromatic carbocycles. The Morgan fingerprint density at radius 2 is 2.14 bits per heavy atom. The molecule has 0 spiro atoms. The van der Waals surface area contributed by atoms with Gasteiger partial charge in [-0.3, -0.25) is 0 Å². The summed E-state index contributed by atoms with van der Waals surface area (Å²) in [6, 6.07) is 1.37. The highest BCUT2D eigenvalue weighted by Gasteiger charge is 2.26. The summed E-state index contributed by atoms with van der Waals surface area (Å²) in [6.45, 7) is 8.96. The maximum absolute atomic E-state index is 4.88. The van der Waals surface area contributed by atoms with Crippen LogP contribution in [-0.4, -0.2) is 48.6 Å². The lowest BCUT2D eigenvalue weighted by Crippen LogP contribution is -2.39. The quantitative estimate of drug-likeness (QED) is 0.906. The molecular weight excluding hydrogens is 280 g/mol. The molecule has 1 saturated carbocycles. The van der Waals surface area contributed by atoms with Gasteiger partial charge in [0, 0.05) is 36.6 Å². The van der Waals surface area contributed by atoms with Crippen molar-refractivity contribution in [2.24, 2.45) is 0 Å². The Morgan fingerprint density at radius 3 is 2.86 bits per heavy atom. The molecule has 1 aromatic rings. The van der Waals surface area contributed by atoms with Crippen molar-refractivity contribution in [2.45, 2.75) is 58.2 Å². The van der Waals surface area contributed by atoms with Crippen molar-refractivity contribution in [2.75, 3.05) is 31.6 Å². The molecule has 1 unspecified atom stereocenters. The molecule has 1 atom stereocenters. The maximum Gasteiger partial charge on any atom is 0.186 e. The lowest BCUT2D eigenvalue weighted by molar-refractivity contribution is 0.328. The summed E-state index contributed by atoms with van der Waals surface area (Å²) in [7, 11) is 2.24. The van der Waals surface area contributed by atoms with Crippen LogP contribution in [0, 0.1) is 6.92 Å². The van der Waals surface area contributed by atoms with E-state index >= 15 is 0 Å². The molecule has 118 valence electrons. The predicted molar refractivity (Wildman–Crippen MR) is 90.3 cm³/mol. The van der Waals surface area contributed by atoms with Crippen molar-refractivity contribution in [3.8, 4) is 0 Å². The van der Waals surface area contributed by atoms with E-state index in [0.29, 0.717) is 6.04 Å². The molecule has 1 aliphatic heterocycles. The molecule has 1 saturated heterocycles. The van der Waals surface area contributed by atoms with Crippen molar-refractivity contribution in [3.63, 3.8) is 0 Å². The largest absolute Gasteiger partial charge is 0.344 e. The van der Waals surface area contributed by atoms with Gasteiger partial charge in [-0.2, -0.15) is 0 Å². The van der Waals surface area contributed by atoms with Crippen LogP contribution in [0.1, 0.15) is 43.2 Å². The Labute approximate surface area is 132 Å². The third-order valence-electron chi connectivity index (χ3n) is 4.63. The van der Waals surface area contributed by atoms with Gasteiger partial charge in [0.25, 0.3) is 0 Å². The molecule has 5 heteroatoms. The SMILES string of the molecule is CCC1CN(C)CCCN1c1nc(C)c(CNC2CC2)s1. The average molecular weight is 308 g/mol. The Morgan fingerprint density at radius 1 is 1.33 bits per heavy atom. The van der Waals surface area contributed by atoms with Crippen molar-refractivity contribution >= 4 is 16.5 Å². The van der Waals surface area contributed by atoms with E-state index in [4.69, 9.17) is 4.98 Å². The Hall–Kier alpha value is -0.650. The fraction of sp³-hybridized carbons (Fsp3) is 0.812. The molecule has 0 radical (unpaired) electrons. The van der Waals surface area contributed by atoms with Crippen LogP contribution in [0.2, 0.25) is 0 Å². The summed E-state index contributed by atoms with van der Waals surface area (Å²) >= 11 is 1.90. The molecule has 21 heavy (non-hydrogen) atoms. The van der Waals surface area contributed by atoms with Crippen LogP contribution in [0.15, 0.2) is 0 Å². The van der Waals surface area contributed by atoms with Crippen molar-refractivity contribution in [1.29, 1.82) is 0 Å². The number of anilines is 1. The first-order valence-electron chi connectivity index (χ1n) is 8.32. The molecule has 0 amide bonds. The van der Waals surface area contributed by atoms with E-state index in [-0.39, 0.29) is 0 Å². The molecule has 4 nitrogen and oxygen atoms in total. The zero-order valence-corrected chi connectivity index (χ0v) is 14.4. The van der Waals surface area contributed by atoms with E-state index in [1.54, 1.807) is 0 Å². The first-order valence-corrected chi connectivity index (χ1v) is 9.14. The lowest BCUT2D eigenvalue weighted by atomic mass is 10.2. The van der Waals surface area contributed by atoms with E-state index < -0.39 is 0 Å². The van der Waals surface area contributed by atoms with Crippen LogP contribution in [0.5, 0.6) is 0 Å². The molecule has 3 rings (SSSR count). The van der Waals surface area contributed by atoms with Crippen LogP contribution in [-0.2, 0) is 6.54 Å². The number of likely N-dealkylation sites (N-methyl/N-ethyl adjacent to an activating group) is 1. The van der Waals surface area contributed by atoms with Gasteiger partial charge in [-0.05, 0) is 46.2 Å². The third-order valence-corrected chi connectivity index (χ3v) is 5.82. The van der Waals surface area contributed by atoms with Gasteiger partial charge in [0.1, 0.15) is 0 Å². The fourth-order valence-corrected chi connectivity index (χ4v) is 4.18. The van der Waals surface area contributed by atoms with Crippen LogP contribution in [0.3, 0.4) is 0 Å². The molecule has 1 N–H and O–H groups in total. The molecule has 1 aromatic heterocycles. The van der Waals surface area contributed by atoms with Gasteiger partial charge in [0.15, 0.2) is 5.13 Å². The minimum Gasteiger partial charge on any atom is -0.344 e. The number of rotatable bonds is 5. The third kappa shape index (κ3) is 3.76. The minimum atomic E-state index is 0.604. The molecule has 2 aliphatic rings. The smallest absolute Gasteiger partial charge is 0.186 e. The molecule has 2 fully saturated rings. The molecular formula is C16H28N4S. The highest BCUT2D eigenvalue weighted by molar-refractivity contribution is 7.15. The minimum absolute atomic E-state index is 0.604. The highest BCUT2D eigenvalue weighted by Crippen LogP contribution is 2.30. The number of aryl methyl sites for hydroxylation is 1. The second kappa shape index (κ2) is 6.63. The predicted octanol–water partition coefficient (Wildman–Crippen LogP) is 2.62. The highest BCUT2D eigenvalue weighted by atomic mass is 32.1. The average Bonchev–Trinajstić information content (AvgIpc) is 3.24. The van der Waals surface area contributed by atoms with E-state index in [0.717, 1.165) is 25.7 Å². The second-order valence-electron chi connectivity index (χ2n) is 6.53. The second-order valence-corrected chi connectivity index (χ2v) is 7.59. The Kier molecular flexibility index (Phi) is 4.82. The lowest BCUT2D eigenvalue weighted by Gasteiger charge is -2.29. The zero-order chi connectivity index (χ0) is 14.8. The van der Waals surface area contributed by atoms with Gasteiger partial charge in [0.05, 0.1) is 5.69 Å². The van der Waals surface area contributed by atoms with Crippen LogP contribution < -0.4 is 10.2 Å². The number of thiazole rings is 1. The first kappa shape index (κ1) is 15.3. The van der Waals surface area contributed by atoms with Crippen LogP contribution >= 0.6 is 11.3 Å².